The van der Waals surface area contributed by atoms with Gasteiger partial charge in [-0.1, -0.05) is 18.2 Å². The van der Waals surface area contributed by atoms with Crippen LogP contribution in [0.1, 0.15) is 0 Å². The molecule has 0 aliphatic carbocycles. The molecule has 0 bridgehead atoms. The number of sulfonamides is 1. The van der Waals surface area contributed by atoms with E-state index in [0.717, 1.165) is 15.6 Å². The Morgan fingerprint density at radius 1 is 1.03 bits per heavy atom. The molecule has 0 unspecified atom stereocenters. The van der Waals surface area contributed by atoms with Crippen LogP contribution in [0.3, 0.4) is 0 Å². The predicted octanol–water partition coefficient (Wildman–Crippen LogP) is 4.56. The zero-order chi connectivity index (χ0) is 24.1. The van der Waals surface area contributed by atoms with Crippen LogP contribution in [0.2, 0.25) is 0 Å². The molecule has 0 atom stereocenters. The van der Waals surface area contributed by atoms with Crippen molar-refractivity contribution in [1.29, 1.82) is 0 Å². The number of nitrogens with one attached hydrogen (secondary N) is 2. The van der Waals surface area contributed by atoms with Crippen LogP contribution < -0.4 is 19.7 Å². The number of amides is 1. The normalized spacial score (nSPS) is 11.6. The summed E-state index contributed by atoms with van der Waals surface area (Å²) in [4.78, 5) is 12.2. The van der Waals surface area contributed by atoms with Gasteiger partial charge < -0.3 is 15.4 Å². The first-order valence-electron chi connectivity index (χ1n) is 9.51. The molecule has 176 valence electrons. The largest absolute Gasteiger partial charge is 0.484 e. The third-order valence-electron chi connectivity index (χ3n) is 4.36. The van der Waals surface area contributed by atoms with Crippen LogP contribution >= 0.6 is 11.3 Å². The molecule has 1 heterocycles. The first-order valence-corrected chi connectivity index (χ1v) is 11.8. The fourth-order valence-electron chi connectivity index (χ4n) is 2.71. The Morgan fingerprint density at radius 3 is 2.30 bits per heavy atom. The minimum absolute atomic E-state index is 0.127. The molecular formula is C21H20F3N3O4S2. The smallest absolute Gasteiger partial charge is 0.405 e. The molecule has 0 spiro atoms. The number of rotatable bonds is 9. The average molecular weight is 500 g/mol. The van der Waals surface area contributed by atoms with Gasteiger partial charge in [0.25, 0.3) is 15.9 Å². The molecule has 7 nitrogen and oxygen atoms in total. The SMILES string of the molecule is CN(c1ccc(OCC(=O)Nc2ccccc2NCC(F)(F)F)cc1)S(=O)(=O)c1cccs1. The van der Waals surface area contributed by atoms with Gasteiger partial charge in [-0.25, -0.2) is 8.42 Å². The van der Waals surface area contributed by atoms with E-state index < -0.39 is 35.3 Å². The lowest BCUT2D eigenvalue weighted by atomic mass is 10.2. The number of benzene rings is 2. The van der Waals surface area contributed by atoms with E-state index in [0.29, 0.717) is 11.4 Å². The molecule has 12 heteroatoms. The van der Waals surface area contributed by atoms with Gasteiger partial charge in [0, 0.05) is 7.05 Å². The summed E-state index contributed by atoms with van der Waals surface area (Å²) < 4.78 is 69.3. The third-order valence-corrected chi connectivity index (χ3v) is 7.52. The number of hydrogen-bond acceptors (Lipinski definition) is 6. The summed E-state index contributed by atoms with van der Waals surface area (Å²) in [7, 11) is -2.24. The summed E-state index contributed by atoms with van der Waals surface area (Å²) in [5.74, 6) is -0.253. The van der Waals surface area contributed by atoms with E-state index in [1.165, 1.54) is 49.5 Å². The van der Waals surface area contributed by atoms with Crippen molar-refractivity contribution in [2.24, 2.45) is 0 Å². The fraction of sp³-hybridized carbons (Fsp3) is 0.190. The highest BCUT2D eigenvalue weighted by Crippen LogP contribution is 2.27. The van der Waals surface area contributed by atoms with Crippen molar-refractivity contribution < 1.29 is 31.1 Å². The van der Waals surface area contributed by atoms with Gasteiger partial charge in [-0.2, -0.15) is 13.2 Å². The number of halogens is 3. The van der Waals surface area contributed by atoms with Crippen LogP contribution in [0.15, 0.2) is 70.3 Å². The highest BCUT2D eigenvalue weighted by atomic mass is 32.2. The lowest BCUT2D eigenvalue weighted by Gasteiger charge is -2.18. The Hall–Kier alpha value is -3.25. The van der Waals surface area contributed by atoms with Crippen LogP contribution in [-0.4, -0.2) is 40.7 Å². The van der Waals surface area contributed by atoms with E-state index in [1.54, 1.807) is 23.6 Å². The number of anilines is 3. The summed E-state index contributed by atoms with van der Waals surface area (Å²) in [5.41, 5.74) is 0.721. The predicted molar refractivity (Wildman–Crippen MR) is 121 cm³/mol. The van der Waals surface area contributed by atoms with E-state index in [-0.39, 0.29) is 15.6 Å². The number of thiophene rings is 1. The summed E-state index contributed by atoms with van der Waals surface area (Å²) in [6, 6.07) is 15.3. The lowest BCUT2D eigenvalue weighted by molar-refractivity contribution is -0.118. The van der Waals surface area contributed by atoms with Crippen LogP contribution in [0, 0.1) is 0 Å². The van der Waals surface area contributed by atoms with Gasteiger partial charge in [-0.15, -0.1) is 11.3 Å². The number of carbonyl (C=O) groups is 1. The van der Waals surface area contributed by atoms with Gasteiger partial charge in [-0.3, -0.25) is 9.10 Å². The number of para-hydroxylation sites is 2. The number of nitrogens with zero attached hydrogens (tertiary/aromatic N) is 1. The van der Waals surface area contributed by atoms with Crippen LogP contribution in [0.5, 0.6) is 5.75 Å². The molecule has 3 rings (SSSR count). The summed E-state index contributed by atoms with van der Waals surface area (Å²) in [6.45, 7) is -1.63. The van der Waals surface area contributed by atoms with Crippen molar-refractivity contribution in [2.45, 2.75) is 10.4 Å². The molecule has 0 aliphatic rings. The second kappa shape index (κ2) is 10.1. The highest BCUT2D eigenvalue weighted by molar-refractivity contribution is 7.94. The highest BCUT2D eigenvalue weighted by Gasteiger charge is 2.27. The molecule has 0 saturated carbocycles. The monoisotopic (exact) mass is 499 g/mol. The van der Waals surface area contributed by atoms with Crippen molar-refractivity contribution in [2.75, 3.05) is 35.1 Å². The zero-order valence-electron chi connectivity index (χ0n) is 17.3. The number of hydrogen-bond donors (Lipinski definition) is 2. The quantitative estimate of drug-likeness (QED) is 0.451. The molecule has 0 radical (unpaired) electrons. The maximum Gasteiger partial charge on any atom is 0.405 e. The summed E-state index contributed by atoms with van der Waals surface area (Å²) in [5, 5.41) is 6.41. The molecule has 3 aromatic rings. The van der Waals surface area contributed by atoms with Crippen molar-refractivity contribution >= 4 is 44.3 Å². The second-order valence-electron chi connectivity index (χ2n) is 6.75. The molecular weight excluding hydrogens is 479 g/mol. The van der Waals surface area contributed by atoms with Crippen molar-refractivity contribution in [3.63, 3.8) is 0 Å². The Kier molecular flexibility index (Phi) is 7.49. The molecule has 2 aromatic carbocycles. The van der Waals surface area contributed by atoms with Crippen LogP contribution in [-0.2, 0) is 14.8 Å². The van der Waals surface area contributed by atoms with E-state index in [1.807, 2.05) is 0 Å². The Labute approximate surface area is 192 Å². The number of carbonyl (C=O) groups excluding carboxylic acids is 1. The molecule has 0 saturated heterocycles. The standard InChI is InChI=1S/C21H20F3N3O4S2/c1-27(33(29,30)20-7-4-12-32-20)15-8-10-16(11-9-15)31-13-19(28)26-18-6-3-2-5-17(18)25-14-21(22,23)24/h2-12,25H,13-14H2,1H3,(H,26,28). The third kappa shape index (κ3) is 6.62. The molecule has 1 aromatic heterocycles. The summed E-state index contributed by atoms with van der Waals surface area (Å²) in [6.07, 6.45) is -4.40. The van der Waals surface area contributed by atoms with Crippen molar-refractivity contribution in [3.05, 3.63) is 66.0 Å². The number of alkyl halides is 3. The van der Waals surface area contributed by atoms with Crippen LogP contribution in [0.4, 0.5) is 30.2 Å². The number of ether oxygens (including phenoxy) is 1. The first kappa shape index (κ1) is 24.4. The van der Waals surface area contributed by atoms with Crippen LogP contribution in [0.25, 0.3) is 0 Å². The van der Waals surface area contributed by atoms with Gasteiger partial charge >= 0.3 is 6.18 Å². The Balaban J connectivity index is 1.57. The van der Waals surface area contributed by atoms with Gasteiger partial charge in [0.15, 0.2) is 6.61 Å². The fourth-order valence-corrected chi connectivity index (χ4v) is 5.07. The zero-order valence-corrected chi connectivity index (χ0v) is 18.9. The average Bonchev–Trinajstić information content (AvgIpc) is 3.32. The van der Waals surface area contributed by atoms with Gasteiger partial charge in [0.05, 0.1) is 17.1 Å². The Bertz CT molecular complexity index is 1180. The van der Waals surface area contributed by atoms with E-state index in [2.05, 4.69) is 10.6 Å². The molecule has 33 heavy (non-hydrogen) atoms. The molecule has 1 amide bonds. The second-order valence-corrected chi connectivity index (χ2v) is 9.89. The van der Waals surface area contributed by atoms with Gasteiger partial charge in [0.1, 0.15) is 16.5 Å². The van der Waals surface area contributed by atoms with E-state index >= 15 is 0 Å². The minimum Gasteiger partial charge on any atom is -0.484 e. The summed E-state index contributed by atoms with van der Waals surface area (Å²) >= 11 is 1.11. The molecule has 0 fully saturated rings. The van der Waals surface area contributed by atoms with E-state index in [4.69, 9.17) is 4.74 Å². The molecule has 2 N–H and O–H groups in total. The van der Waals surface area contributed by atoms with E-state index in [9.17, 15) is 26.4 Å². The first-order chi connectivity index (χ1) is 15.6. The lowest BCUT2D eigenvalue weighted by Crippen LogP contribution is -2.25. The van der Waals surface area contributed by atoms with Gasteiger partial charge in [0.2, 0.25) is 0 Å². The van der Waals surface area contributed by atoms with Crippen molar-refractivity contribution in [1.82, 2.24) is 0 Å². The maximum absolute atomic E-state index is 12.6. The van der Waals surface area contributed by atoms with Crippen molar-refractivity contribution in [3.8, 4) is 5.75 Å². The topological polar surface area (TPSA) is 87.7 Å². The Morgan fingerprint density at radius 2 is 1.70 bits per heavy atom. The molecule has 0 aliphatic heterocycles. The maximum atomic E-state index is 12.6. The minimum atomic E-state index is -4.40. The van der Waals surface area contributed by atoms with Gasteiger partial charge in [-0.05, 0) is 47.8 Å².